The van der Waals surface area contributed by atoms with Crippen molar-refractivity contribution in [2.75, 3.05) is 7.05 Å². The lowest BCUT2D eigenvalue weighted by molar-refractivity contribution is -0.129. The number of para-hydroxylation sites is 1. The van der Waals surface area contributed by atoms with E-state index in [2.05, 4.69) is 5.10 Å². The summed E-state index contributed by atoms with van der Waals surface area (Å²) in [7, 11) is 3.59. The molecule has 0 spiro atoms. The molecule has 0 unspecified atom stereocenters. The lowest BCUT2D eigenvalue weighted by Crippen LogP contribution is -2.27. The molecule has 0 aliphatic rings. The average molecular weight is 259 g/mol. The highest BCUT2D eigenvalue weighted by atomic mass is 16.3. The summed E-state index contributed by atoms with van der Waals surface area (Å²) in [6.07, 6.45) is 3.82. The molecule has 0 atom stereocenters. The molecule has 5 heteroatoms. The van der Waals surface area contributed by atoms with Crippen molar-refractivity contribution in [1.29, 1.82) is 0 Å². The van der Waals surface area contributed by atoms with Crippen molar-refractivity contribution in [2.45, 2.75) is 13.0 Å². The summed E-state index contributed by atoms with van der Waals surface area (Å²) in [4.78, 5) is 13.7. The van der Waals surface area contributed by atoms with E-state index in [0.717, 1.165) is 5.56 Å². The second-order valence-corrected chi connectivity index (χ2v) is 4.58. The third-order valence-electron chi connectivity index (χ3n) is 2.94. The monoisotopic (exact) mass is 259 g/mol. The largest absolute Gasteiger partial charge is 0.508 e. The van der Waals surface area contributed by atoms with Crippen molar-refractivity contribution in [2.24, 2.45) is 7.05 Å². The lowest BCUT2D eigenvalue weighted by Gasteiger charge is -2.16. The molecule has 1 amide bonds. The third-order valence-corrected chi connectivity index (χ3v) is 2.94. The van der Waals surface area contributed by atoms with E-state index in [4.69, 9.17) is 0 Å². The number of carbonyl (C=O) groups excluding carboxylic acids is 1. The highest BCUT2D eigenvalue weighted by Gasteiger charge is 2.12. The zero-order chi connectivity index (χ0) is 13.8. The number of nitrogens with zero attached hydrogens (tertiary/aromatic N) is 3. The Kier molecular flexibility index (Phi) is 3.85. The fraction of sp³-hybridized carbons (Fsp3) is 0.286. The van der Waals surface area contributed by atoms with Crippen molar-refractivity contribution in [1.82, 2.24) is 14.7 Å². The van der Waals surface area contributed by atoms with E-state index in [1.807, 2.05) is 19.3 Å². The first-order chi connectivity index (χ1) is 9.06. The maximum Gasteiger partial charge on any atom is 0.227 e. The number of aromatic hydroxyl groups is 1. The van der Waals surface area contributed by atoms with Gasteiger partial charge in [-0.2, -0.15) is 5.10 Å². The maximum atomic E-state index is 12.1. The minimum Gasteiger partial charge on any atom is -0.508 e. The van der Waals surface area contributed by atoms with Crippen LogP contribution in [0.2, 0.25) is 0 Å². The standard InChI is InChI=1S/C14H17N3O2/c1-16(9-11-8-15-17(2)10-11)14(19)7-12-5-3-4-6-13(12)18/h3-6,8,10,18H,7,9H2,1-2H3. The summed E-state index contributed by atoms with van der Waals surface area (Å²) >= 11 is 0. The normalized spacial score (nSPS) is 10.4. The van der Waals surface area contributed by atoms with E-state index >= 15 is 0 Å². The summed E-state index contributed by atoms with van der Waals surface area (Å²) in [5.41, 5.74) is 1.63. The van der Waals surface area contributed by atoms with E-state index in [-0.39, 0.29) is 18.1 Å². The van der Waals surface area contributed by atoms with Gasteiger partial charge in [0.05, 0.1) is 12.6 Å². The van der Waals surface area contributed by atoms with Crippen molar-refractivity contribution < 1.29 is 9.90 Å². The average Bonchev–Trinajstić information content (AvgIpc) is 2.77. The second kappa shape index (κ2) is 5.56. The Bertz CT molecular complexity index is 578. The van der Waals surface area contributed by atoms with E-state index in [1.165, 1.54) is 0 Å². The smallest absolute Gasteiger partial charge is 0.227 e. The van der Waals surface area contributed by atoms with Gasteiger partial charge in [-0.3, -0.25) is 9.48 Å². The van der Waals surface area contributed by atoms with E-state index in [1.54, 1.807) is 41.0 Å². The fourth-order valence-electron chi connectivity index (χ4n) is 1.87. The Hall–Kier alpha value is -2.30. The molecule has 0 radical (unpaired) electrons. The van der Waals surface area contributed by atoms with Gasteiger partial charge in [0.2, 0.25) is 5.91 Å². The number of phenols is 1. The Morgan fingerprint density at radius 2 is 2.16 bits per heavy atom. The van der Waals surface area contributed by atoms with Crippen LogP contribution in [0.25, 0.3) is 0 Å². The van der Waals surface area contributed by atoms with Crippen LogP contribution in [0, 0.1) is 0 Å². The number of aromatic nitrogens is 2. The van der Waals surface area contributed by atoms with Crippen LogP contribution in [0.3, 0.4) is 0 Å². The molecule has 0 fully saturated rings. The van der Waals surface area contributed by atoms with Crippen molar-refractivity contribution in [3.63, 3.8) is 0 Å². The van der Waals surface area contributed by atoms with Gasteiger partial charge in [-0.1, -0.05) is 18.2 Å². The molecule has 100 valence electrons. The van der Waals surface area contributed by atoms with Gasteiger partial charge in [-0.25, -0.2) is 0 Å². The lowest BCUT2D eigenvalue weighted by atomic mass is 10.1. The van der Waals surface area contributed by atoms with Gasteiger partial charge in [0.1, 0.15) is 5.75 Å². The number of carbonyl (C=O) groups is 1. The zero-order valence-electron chi connectivity index (χ0n) is 11.1. The number of phenolic OH excluding ortho intramolecular Hbond substituents is 1. The topological polar surface area (TPSA) is 58.4 Å². The molecule has 0 aliphatic carbocycles. The highest BCUT2D eigenvalue weighted by molar-refractivity contribution is 5.79. The Morgan fingerprint density at radius 3 is 2.79 bits per heavy atom. The van der Waals surface area contributed by atoms with Crippen LogP contribution in [0.5, 0.6) is 5.75 Å². The van der Waals surface area contributed by atoms with Gasteiger partial charge < -0.3 is 10.0 Å². The van der Waals surface area contributed by atoms with E-state index in [9.17, 15) is 9.90 Å². The molecule has 2 rings (SSSR count). The third kappa shape index (κ3) is 3.34. The SMILES string of the molecule is CN(Cc1cnn(C)c1)C(=O)Cc1ccccc1O. The molecule has 0 aliphatic heterocycles. The maximum absolute atomic E-state index is 12.1. The van der Waals surface area contributed by atoms with Gasteiger partial charge in [0.15, 0.2) is 0 Å². The zero-order valence-corrected chi connectivity index (χ0v) is 11.1. The molecule has 0 saturated heterocycles. The highest BCUT2D eigenvalue weighted by Crippen LogP contribution is 2.17. The molecule has 1 N–H and O–H groups in total. The molecule has 5 nitrogen and oxygen atoms in total. The minimum absolute atomic E-state index is 0.0367. The molecule has 1 aromatic heterocycles. The van der Waals surface area contributed by atoms with Gasteiger partial charge in [0, 0.05) is 38.0 Å². The van der Waals surface area contributed by atoms with E-state index < -0.39 is 0 Å². The summed E-state index contributed by atoms with van der Waals surface area (Å²) < 4.78 is 1.71. The Balaban J connectivity index is 1.98. The number of rotatable bonds is 4. The van der Waals surface area contributed by atoms with Crippen molar-refractivity contribution in [3.05, 3.63) is 47.8 Å². The van der Waals surface area contributed by atoms with Crippen LogP contribution >= 0.6 is 0 Å². The predicted octanol–water partition coefficient (Wildman–Crippen LogP) is 1.33. The van der Waals surface area contributed by atoms with Crippen molar-refractivity contribution >= 4 is 5.91 Å². The van der Waals surface area contributed by atoms with Crippen LogP contribution in [-0.4, -0.2) is 32.7 Å². The summed E-state index contributed by atoms with van der Waals surface area (Å²) in [6.45, 7) is 0.514. The number of likely N-dealkylation sites (N-methyl/N-ethyl adjacent to an activating group) is 1. The number of aryl methyl sites for hydroxylation is 1. The Labute approximate surface area is 112 Å². The molecule has 1 aromatic carbocycles. The van der Waals surface area contributed by atoms with Gasteiger partial charge in [-0.05, 0) is 6.07 Å². The van der Waals surface area contributed by atoms with E-state index in [0.29, 0.717) is 12.1 Å². The molecule has 2 aromatic rings. The van der Waals surface area contributed by atoms with Gasteiger partial charge >= 0.3 is 0 Å². The van der Waals surface area contributed by atoms with Crippen LogP contribution < -0.4 is 0 Å². The summed E-state index contributed by atoms with van der Waals surface area (Å²) in [5, 5.41) is 13.7. The number of amides is 1. The van der Waals surface area contributed by atoms with Crippen molar-refractivity contribution in [3.8, 4) is 5.75 Å². The minimum atomic E-state index is -0.0367. The molecular formula is C14H17N3O2. The molecule has 0 bridgehead atoms. The molecule has 0 saturated carbocycles. The van der Waals surface area contributed by atoms with Gasteiger partial charge in [0.25, 0.3) is 0 Å². The van der Waals surface area contributed by atoms with Crippen LogP contribution in [-0.2, 0) is 24.8 Å². The Morgan fingerprint density at radius 1 is 1.42 bits per heavy atom. The number of benzene rings is 1. The molecule has 19 heavy (non-hydrogen) atoms. The summed E-state index contributed by atoms with van der Waals surface area (Å²) in [5.74, 6) is 0.121. The van der Waals surface area contributed by atoms with Crippen LogP contribution in [0.4, 0.5) is 0 Å². The first-order valence-electron chi connectivity index (χ1n) is 6.04. The quantitative estimate of drug-likeness (QED) is 0.901. The summed E-state index contributed by atoms with van der Waals surface area (Å²) in [6, 6.07) is 6.89. The first-order valence-corrected chi connectivity index (χ1v) is 6.04. The number of hydrogen-bond acceptors (Lipinski definition) is 3. The predicted molar refractivity (Wildman–Crippen MR) is 71.5 cm³/mol. The van der Waals surface area contributed by atoms with Crippen LogP contribution in [0.15, 0.2) is 36.7 Å². The molecule has 1 heterocycles. The first kappa shape index (κ1) is 13.1. The number of hydrogen-bond donors (Lipinski definition) is 1. The molecular weight excluding hydrogens is 242 g/mol. The van der Waals surface area contributed by atoms with Gasteiger partial charge in [-0.15, -0.1) is 0 Å². The second-order valence-electron chi connectivity index (χ2n) is 4.58. The van der Waals surface area contributed by atoms with Crippen LogP contribution in [0.1, 0.15) is 11.1 Å². The fourth-order valence-corrected chi connectivity index (χ4v) is 1.87.